The molecule has 0 bridgehead atoms. The third-order valence-electron chi connectivity index (χ3n) is 2.15. The third kappa shape index (κ3) is 2.65. The van der Waals surface area contributed by atoms with Crippen LogP contribution < -0.4 is 11.2 Å². The molecule has 0 saturated carbocycles. The number of amides is 1. The first kappa shape index (κ1) is 10.4. The van der Waals surface area contributed by atoms with Crippen molar-refractivity contribution in [3.05, 3.63) is 0 Å². The Kier molecular flexibility index (Phi) is 3.65. The van der Waals surface area contributed by atoms with Gasteiger partial charge < -0.3 is 10.5 Å². The molecule has 0 aromatic rings. The predicted octanol–water partition coefficient (Wildman–Crippen LogP) is -0.438. The van der Waals surface area contributed by atoms with Crippen LogP contribution >= 0.6 is 0 Å². The van der Waals surface area contributed by atoms with Crippen LogP contribution in [0.3, 0.4) is 0 Å². The van der Waals surface area contributed by atoms with E-state index in [4.69, 9.17) is 15.3 Å². The van der Waals surface area contributed by atoms with Crippen molar-refractivity contribution < 1.29 is 14.4 Å². The van der Waals surface area contributed by atoms with Crippen LogP contribution in [0.1, 0.15) is 19.8 Å². The van der Waals surface area contributed by atoms with Crippen LogP contribution in [0, 0.1) is 0 Å². The van der Waals surface area contributed by atoms with Gasteiger partial charge in [0, 0.05) is 13.2 Å². The summed E-state index contributed by atoms with van der Waals surface area (Å²) in [5.41, 5.74) is 7.38. The Morgan fingerprint density at radius 2 is 2.23 bits per heavy atom. The molecule has 0 aromatic carbocycles. The summed E-state index contributed by atoms with van der Waals surface area (Å²) in [5.74, 6) is -0.252. The van der Waals surface area contributed by atoms with Crippen molar-refractivity contribution in [1.82, 2.24) is 5.48 Å². The maximum Gasteiger partial charge on any atom is 0.263 e. The summed E-state index contributed by atoms with van der Waals surface area (Å²) in [4.78, 5) is 16.3. The SMILES string of the molecule is CCONC(=O)C1(N)CCOCC1. The molecule has 0 unspecified atom stereocenters. The summed E-state index contributed by atoms with van der Waals surface area (Å²) in [7, 11) is 0. The molecule has 1 aliphatic heterocycles. The molecule has 0 atom stereocenters. The van der Waals surface area contributed by atoms with Gasteiger partial charge in [0.05, 0.1) is 6.61 Å². The fraction of sp³-hybridized carbons (Fsp3) is 0.875. The van der Waals surface area contributed by atoms with Crippen LogP contribution in [-0.2, 0) is 14.4 Å². The number of nitrogens with one attached hydrogen (secondary N) is 1. The topological polar surface area (TPSA) is 73.6 Å². The second-order valence-electron chi connectivity index (χ2n) is 3.13. The van der Waals surface area contributed by atoms with Crippen molar-refractivity contribution in [2.24, 2.45) is 5.73 Å². The number of hydrogen-bond acceptors (Lipinski definition) is 4. The number of hydroxylamine groups is 1. The fourth-order valence-electron chi connectivity index (χ4n) is 1.20. The maximum atomic E-state index is 11.5. The third-order valence-corrected chi connectivity index (χ3v) is 2.15. The molecule has 13 heavy (non-hydrogen) atoms. The smallest absolute Gasteiger partial charge is 0.263 e. The summed E-state index contributed by atoms with van der Waals surface area (Å²) in [5, 5.41) is 0. The van der Waals surface area contributed by atoms with Crippen molar-refractivity contribution in [3.63, 3.8) is 0 Å². The number of hydrogen-bond donors (Lipinski definition) is 2. The second-order valence-corrected chi connectivity index (χ2v) is 3.13. The van der Waals surface area contributed by atoms with Crippen molar-refractivity contribution in [3.8, 4) is 0 Å². The largest absolute Gasteiger partial charge is 0.381 e. The highest BCUT2D eigenvalue weighted by Crippen LogP contribution is 2.17. The van der Waals surface area contributed by atoms with Crippen molar-refractivity contribution in [1.29, 1.82) is 0 Å². The molecule has 5 nitrogen and oxygen atoms in total. The van der Waals surface area contributed by atoms with E-state index in [1.54, 1.807) is 6.92 Å². The van der Waals surface area contributed by atoms with Gasteiger partial charge in [0.2, 0.25) is 0 Å². The van der Waals surface area contributed by atoms with Gasteiger partial charge in [0.25, 0.3) is 5.91 Å². The van der Waals surface area contributed by atoms with Gasteiger partial charge in [-0.1, -0.05) is 0 Å². The van der Waals surface area contributed by atoms with Gasteiger partial charge in [-0.15, -0.1) is 0 Å². The van der Waals surface area contributed by atoms with E-state index < -0.39 is 5.54 Å². The first-order valence-electron chi connectivity index (χ1n) is 4.48. The molecule has 1 saturated heterocycles. The Labute approximate surface area is 77.5 Å². The molecule has 1 fully saturated rings. The van der Waals surface area contributed by atoms with Crippen LogP contribution in [0.4, 0.5) is 0 Å². The molecule has 0 aromatic heterocycles. The molecule has 0 spiro atoms. The minimum Gasteiger partial charge on any atom is -0.381 e. The predicted molar refractivity (Wildman–Crippen MR) is 46.7 cm³/mol. The number of nitrogens with two attached hydrogens (primary N) is 1. The monoisotopic (exact) mass is 188 g/mol. The zero-order valence-corrected chi connectivity index (χ0v) is 7.84. The lowest BCUT2D eigenvalue weighted by Gasteiger charge is -2.31. The van der Waals surface area contributed by atoms with Crippen molar-refractivity contribution in [2.75, 3.05) is 19.8 Å². The molecular formula is C8H16N2O3. The average molecular weight is 188 g/mol. The Balaban J connectivity index is 2.42. The fourth-order valence-corrected chi connectivity index (χ4v) is 1.20. The molecule has 1 aliphatic rings. The van der Waals surface area contributed by atoms with Crippen molar-refractivity contribution in [2.45, 2.75) is 25.3 Å². The van der Waals surface area contributed by atoms with E-state index >= 15 is 0 Å². The Morgan fingerprint density at radius 1 is 1.62 bits per heavy atom. The van der Waals surface area contributed by atoms with Gasteiger partial charge in [-0.3, -0.25) is 9.63 Å². The minimum absolute atomic E-state index is 0.252. The van der Waals surface area contributed by atoms with Gasteiger partial charge in [-0.05, 0) is 19.8 Å². The van der Waals surface area contributed by atoms with E-state index in [1.165, 1.54) is 0 Å². The summed E-state index contributed by atoms with van der Waals surface area (Å²) in [6, 6.07) is 0. The van der Waals surface area contributed by atoms with E-state index in [1.807, 2.05) is 0 Å². The van der Waals surface area contributed by atoms with E-state index in [2.05, 4.69) is 5.48 Å². The molecule has 3 N–H and O–H groups in total. The molecule has 1 heterocycles. The van der Waals surface area contributed by atoms with E-state index in [-0.39, 0.29) is 5.91 Å². The van der Waals surface area contributed by atoms with Gasteiger partial charge in [0.15, 0.2) is 0 Å². The van der Waals surface area contributed by atoms with Gasteiger partial charge in [-0.2, -0.15) is 0 Å². The van der Waals surface area contributed by atoms with Crippen LogP contribution in [0.15, 0.2) is 0 Å². The highest BCUT2D eigenvalue weighted by molar-refractivity contribution is 5.85. The highest BCUT2D eigenvalue weighted by Gasteiger charge is 2.35. The van der Waals surface area contributed by atoms with E-state index in [0.29, 0.717) is 32.7 Å². The number of rotatable bonds is 3. The lowest BCUT2D eigenvalue weighted by atomic mass is 9.91. The molecule has 0 radical (unpaired) electrons. The Morgan fingerprint density at radius 3 is 2.77 bits per heavy atom. The molecule has 1 rings (SSSR count). The standard InChI is InChI=1S/C8H16N2O3/c1-2-13-10-7(11)8(9)3-5-12-6-4-8/h2-6,9H2,1H3,(H,10,11). The molecule has 0 aliphatic carbocycles. The lowest BCUT2D eigenvalue weighted by molar-refractivity contribution is -0.142. The summed E-state index contributed by atoms with van der Waals surface area (Å²) in [6.45, 7) is 3.32. The van der Waals surface area contributed by atoms with Gasteiger partial charge in [-0.25, -0.2) is 5.48 Å². The van der Waals surface area contributed by atoms with E-state index in [0.717, 1.165) is 0 Å². The number of carbonyl (C=O) groups excluding carboxylic acids is 1. The van der Waals surface area contributed by atoms with Gasteiger partial charge in [0.1, 0.15) is 5.54 Å². The Bertz CT molecular complexity index is 178. The maximum absolute atomic E-state index is 11.5. The first-order valence-corrected chi connectivity index (χ1v) is 4.48. The van der Waals surface area contributed by atoms with Crippen LogP contribution in [0.2, 0.25) is 0 Å². The van der Waals surface area contributed by atoms with Crippen molar-refractivity contribution >= 4 is 5.91 Å². The lowest BCUT2D eigenvalue weighted by Crippen LogP contribution is -2.56. The average Bonchev–Trinajstić information content (AvgIpc) is 2.15. The van der Waals surface area contributed by atoms with Crippen LogP contribution in [0.5, 0.6) is 0 Å². The quantitative estimate of drug-likeness (QED) is 0.589. The van der Waals surface area contributed by atoms with Gasteiger partial charge >= 0.3 is 0 Å². The second kappa shape index (κ2) is 4.55. The minimum atomic E-state index is -0.812. The molecule has 1 amide bonds. The summed E-state index contributed by atoms with van der Waals surface area (Å²) < 4.78 is 5.12. The first-order chi connectivity index (χ1) is 6.19. The Hall–Kier alpha value is -0.650. The number of carbonyl (C=O) groups is 1. The molecular weight excluding hydrogens is 172 g/mol. The number of ether oxygens (including phenoxy) is 1. The molecule has 5 heteroatoms. The van der Waals surface area contributed by atoms with Crippen LogP contribution in [0.25, 0.3) is 0 Å². The molecule has 76 valence electrons. The van der Waals surface area contributed by atoms with E-state index in [9.17, 15) is 4.79 Å². The summed E-state index contributed by atoms with van der Waals surface area (Å²) in [6.07, 6.45) is 1.10. The zero-order valence-electron chi connectivity index (χ0n) is 7.84. The highest BCUT2D eigenvalue weighted by atomic mass is 16.6. The van der Waals surface area contributed by atoms with Crippen LogP contribution in [-0.4, -0.2) is 31.3 Å². The summed E-state index contributed by atoms with van der Waals surface area (Å²) >= 11 is 0. The normalized spacial score (nSPS) is 21.1. The zero-order chi connectivity index (χ0) is 9.73.